The first-order valence-electron chi connectivity index (χ1n) is 5.57. The van der Waals surface area contributed by atoms with Crippen LogP contribution < -0.4 is 11.1 Å². The summed E-state index contributed by atoms with van der Waals surface area (Å²) in [7, 11) is -3.32. The van der Waals surface area contributed by atoms with Crippen LogP contribution in [-0.2, 0) is 14.6 Å². The molecular formula is C11H17N3O3S. The van der Waals surface area contributed by atoms with Crippen molar-refractivity contribution in [3.63, 3.8) is 0 Å². The molecule has 100 valence electrons. The van der Waals surface area contributed by atoms with Gasteiger partial charge in [0.2, 0.25) is 5.91 Å². The van der Waals surface area contributed by atoms with E-state index >= 15 is 0 Å². The molecule has 6 nitrogen and oxygen atoms in total. The van der Waals surface area contributed by atoms with Crippen LogP contribution >= 0.6 is 0 Å². The number of nitrogens with one attached hydrogen (secondary N) is 1. The molecule has 1 amide bonds. The van der Waals surface area contributed by atoms with Crippen LogP contribution in [0.2, 0.25) is 0 Å². The fraction of sp³-hybridized carbons (Fsp3) is 0.455. The lowest BCUT2D eigenvalue weighted by Crippen LogP contribution is -2.35. The van der Waals surface area contributed by atoms with E-state index in [-0.39, 0.29) is 10.9 Å². The summed E-state index contributed by atoms with van der Waals surface area (Å²) in [5.74, 6) is -0.300. The zero-order valence-electron chi connectivity index (χ0n) is 10.4. The van der Waals surface area contributed by atoms with Crippen molar-refractivity contribution in [1.29, 1.82) is 0 Å². The normalized spacial score (nSPS) is 13.1. The van der Waals surface area contributed by atoms with Crippen LogP contribution in [0.15, 0.2) is 23.4 Å². The standard InChI is InChI=1S/C11H17N3O3S/c1-3-4-9(12)11(15)14-8-5-6-10(13-7-8)18(2,16)17/h5-7,9H,3-4,12H2,1-2H3,(H,14,15)/t9-/m1/s1. The van der Waals surface area contributed by atoms with E-state index < -0.39 is 15.9 Å². The molecule has 1 aromatic rings. The van der Waals surface area contributed by atoms with Crippen LogP contribution in [0, 0.1) is 0 Å². The van der Waals surface area contributed by atoms with Gasteiger partial charge in [-0.2, -0.15) is 0 Å². The van der Waals surface area contributed by atoms with Gasteiger partial charge in [-0.15, -0.1) is 0 Å². The molecule has 7 heteroatoms. The lowest BCUT2D eigenvalue weighted by Gasteiger charge is -2.10. The molecule has 0 aliphatic heterocycles. The van der Waals surface area contributed by atoms with Crippen molar-refractivity contribution in [1.82, 2.24) is 4.98 Å². The average molecular weight is 271 g/mol. The van der Waals surface area contributed by atoms with Crippen LogP contribution in [0.5, 0.6) is 0 Å². The predicted octanol–water partition coefficient (Wildman–Crippen LogP) is 0.551. The topological polar surface area (TPSA) is 102 Å². The van der Waals surface area contributed by atoms with Gasteiger partial charge in [0.15, 0.2) is 14.9 Å². The smallest absolute Gasteiger partial charge is 0.241 e. The molecule has 0 aliphatic rings. The van der Waals surface area contributed by atoms with Crippen LogP contribution in [0.1, 0.15) is 19.8 Å². The van der Waals surface area contributed by atoms with E-state index in [9.17, 15) is 13.2 Å². The maximum absolute atomic E-state index is 11.6. The monoisotopic (exact) mass is 271 g/mol. The molecule has 0 aliphatic carbocycles. The van der Waals surface area contributed by atoms with Crippen molar-refractivity contribution in [2.45, 2.75) is 30.8 Å². The molecule has 0 unspecified atom stereocenters. The third kappa shape index (κ3) is 4.08. The highest BCUT2D eigenvalue weighted by Crippen LogP contribution is 2.10. The van der Waals surface area contributed by atoms with Gasteiger partial charge in [-0.1, -0.05) is 13.3 Å². The third-order valence-corrected chi connectivity index (χ3v) is 3.32. The van der Waals surface area contributed by atoms with E-state index in [1.54, 1.807) is 0 Å². The molecule has 1 rings (SSSR count). The molecule has 0 saturated heterocycles. The quantitative estimate of drug-likeness (QED) is 0.814. The molecule has 1 heterocycles. The third-order valence-electron chi connectivity index (χ3n) is 2.32. The molecule has 18 heavy (non-hydrogen) atoms. The largest absolute Gasteiger partial charge is 0.323 e. The van der Waals surface area contributed by atoms with Crippen LogP contribution in [0.3, 0.4) is 0 Å². The second-order valence-corrected chi connectivity index (χ2v) is 6.00. The Labute approximate surface area is 107 Å². The van der Waals surface area contributed by atoms with E-state index in [1.165, 1.54) is 18.3 Å². The Kier molecular flexibility index (Phi) is 4.80. The number of pyridine rings is 1. The summed E-state index contributed by atoms with van der Waals surface area (Å²) in [6.45, 7) is 1.94. The lowest BCUT2D eigenvalue weighted by molar-refractivity contribution is -0.117. The molecular weight excluding hydrogens is 254 g/mol. The van der Waals surface area contributed by atoms with Gasteiger partial charge in [0.25, 0.3) is 0 Å². The van der Waals surface area contributed by atoms with Gasteiger partial charge >= 0.3 is 0 Å². The zero-order chi connectivity index (χ0) is 13.8. The van der Waals surface area contributed by atoms with Gasteiger partial charge in [-0.3, -0.25) is 4.79 Å². The van der Waals surface area contributed by atoms with Gasteiger partial charge in [0.05, 0.1) is 17.9 Å². The first-order valence-corrected chi connectivity index (χ1v) is 7.46. The Balaban J connectivity index is 2.73. The molecule has 1 aromatic heterocycles. The van der Waals surface area contributed by atoms with Crippen LogP contribution in [0.4, 0.5) is 5.69 Å². The predicted molar refractivity (Wildman–Crippen MR) is 68.9 cm³/mol. The molecule has 0 saturated carbocycles. The van der Waals surface area contributed by atoms with Crippen LogP contribution in [-0.4, -0.2) is 31.6 Å². The molecule has 0 radical (unpaired) electrons. The molecule has 1 atom stereocenters. The van der Waals surface area contributed by atoms with E-state index in [1.807, 2.05) is 6.92 Å². The number of hydrogen-bond donors (Lipinski definition) is 2. The number of hydrogen-bond acceptors (Lipinski definition) is 5. The summed E-state index contributed by atoms with van der Waals surface area (Å²) in [5.41, 5.74) is 6.08. The molecule has 0 aromatic carbocycles. The number of carbonyl (C=O) groups excluding carboxylic acids is 1. The lowest BCUT2D eigenvalue weighted by atomic mass is 10.1. The minimum Gasteiger partial charge on any atom is -0.323 e. The van der Waals surface area contributed by atoms with Gasteiger partial charge in [0, 0.05) is 6.26 Å². The maximum atomic E-state index is 11.6. The fourth-order valence-corrected chi connectivity index (χ4v) is 1.91. The molecule has 0 bridgehead atoms. The van der Waals surface area contributed by atoms with E-state index in [0.717, 1.165) is 12.7 Å². The number of carbonyl (C=O) groups is 1. The number of sulfone groups is 1. The van der Waals surface area contributed by atoms with Gasteiger partial charge in [0.1, 0.15) is 0 Å². The van der Waals surface area contributed by atoms with Gasteiger partial charge < -0.3 is 11.1 Å². The zero-order valence-corrected chi connectivity index (χ0v) is 11.2. The summed E-state index contributed by atoms with van der Waals surface area (Å²) in [4.78, 5) is 15.4. The van der Waals surface area contributed by atoms with Crippen molar-refractivity contribution in [2.75, 3.05) is 11.6 Å². The van der Waals surface area contributed by atoms with Crippen molar-refractivity contribution in [2.24, 2.45) is 5.73 Å². The summed E-state index contributed by atoms with van der Waals surface area (Å²) in [6, 6.07) is 2.26. The Hall–Kier alpha value is -1.47. The number of nitrogens with zero attached hydrogens (tertiary/aromatic N) is 1. The van der Waals surface area contributed by atoms with Gasteiger partial charge in [-0.05, 0) is 18.6 Å². The number of nitrogens with two attached hydrogens (primary N) is 1. The van der Waals surface area contributed by atoms with Crippen molar-refractivity contribution in [3.05, 3.63) is 18.3 Å². The van der Waals surface area contributed by atoms with Gasteiger partial charge in [-0.25, -0.2) is 13.4 Å². The number of anilines is 1. The summed E-state index contributed by atoms with van der Waals surface area (Å²) in [6.07, 6.45) is 3.79. The summed E-state index contributed by atoms with van der Waals surface area (Å²) in [5, 5.41) is 2.55. The van der Waals surface area contributed by atoms with E-state index in [2.05, 4.69) is 10.3 Å². The number of amides is 1. The highest BCUT2D eigenvalue weighted by atomic mass is 32.2. The van der Waals surface area contributed by atoms with E-state index in [0.29, 0.717) is 12.1 Å². The minimum atomic E-state index is -3.32. The molecule has 3 N–H and O–H groups in total. The number of aromatic nitrogens is 1. The SMILES string of the molecule is CCC[C@@H](N)C(=O)Nc1ccc(S(C)(=O)=O)nc1. The first-order chi connectivity index (χ1) is 8.34. The Morgan fingerprint density at radius 2 is 2.17 bits per heavy atom. The molecule has 0 spiro atoms. The summed E-state index contributed by atoms with van der Waals surface area (Å²) < 4.78 is 22.4. The molecule has 0 fully saturated rings. The summed E-state index contributed by atoms with van der Waals surface area (Å²) >= 11 is 0. The second kappa shape index (κ2) is 5.92. The van der Waals surface area contributed by atoms with Crippen molar-refractivity contribution in [3.8, 4) is 0 Å². The minimum absolute atomic E-state index is 0.0293. The first kappa shape index (κ1) is 14.6. The Bertz CT molecular complexity index is 511. The fourth-order valence-electron chi connectivity index (χ4n) is 1.35. The Morgan fingerprint density at radius 1 is 1.50 bits per heavy atom. The second-order valence-electron chi connectivity index (χ2n) is 4.04. The van der Waals surface area contributed by atoms with Crippen molar-refractivity contribution >= 4 is 21.4 Å². The van der Waals surface area contributed by atoms with Crippen molar-refractivity contribution < 1.29 is 13.2 Å². The highest BCUT2D eigenvalue weighted by molar-refractivity contribution is 7.90. The van der Waals surface area contributed by atoms with Crippen LogP contribution in [0.25, 0.3) is 0 Å². The highest BCUT2D eigenvalue weighted by Gasteiger charge is 2.13. The average Bonchev–Trinajstić information content (AvgIpc) is 2.28. The Morgan fingerprint density at radius 3 is 2.61 bits per heavy atom. The van der Waals surface area contributed by atoms with E-state index in [4.69, 9.17) is 5.73 Å². The number of rotatable bonds is 5. The maximum Gasteiger partial charge on any atom is 0.241 e.